The molecule has 2 bridgehead atoms. The first-order valence-corrected chi connectivity index (χ1v) is 10.6. The molecule has 1 saturated carbocycles. The minimum Gasteiger partial charge on any atom is -0.468 e. The number of methoxy groups -OCH3 is 2. The third kappa shape index (κ3) is 3.49. The number of hydrogen-bond acceptors (Lipinski definition) is 8. The van der Waals surface area contributed by atoms with Gasteiger partial charge < -0.3 is 18.9 Å². The fourth-order valence-corrected chi connectivity index (χ4v) is 5.74. The lowest BCUT2D eigenvalue weighted by Crippen LogP contribution is -2.67. The van der Waals surface area contributed by atoms with Crippen molar-refractivity contribution in [3.8, 4) is 0 Å². The Bertz CT molecular complexity index is 810. The Hall–Kier alpha value is -1.85. The molecule has 4 fully saturated rings. The van der Waals surface area contributed by atoms with Crippen LogP contribution in [0.5, 0.6) is 0 Å². The van der Waals surface area contributed by atoms with Crippen LogP contribution in [0.3, 0.4) is 0 Å². The van der Waals surface area contributed by atoms with E-state index in [1.807, 2.05) is 6.92 Å². The summed E-state index contributed by atoms with van der Waals surface area (Å²) in [4.78, 5) is 36.0. The summed E-state index contributed by atoms with van der Waals surface area (Å²) in [6, 6.07) is 0. The Morgan fingerprint density at radius 2 is 1.78 bits per heavy atom. The zero-order valence-electron chi connectivity index (χ0n) is 18.3. The maximum absolute atomic E-state index is 14.2. The van der Waals surface area contributed by atoms with Gasteiger partial charge in [0.15, 0.2) is 11.5 Å². The third-order valence-electron chi connectivity index (χ3n) is 7.31. The molecule has 180 valence electrons. The summed E-state index contributed by atoms with van der Waals surface area (Å²) in [7, 11) is 2.11. The van der Waals surface area contributed by atoms with Crippen molar-refractivity contribution < 1.29 is 51.5 Å². The Morgan fingerprint density at radius 1 is 1.12 bits per heavy atom. The van der Waals surface area contributed by atoms with Gasteiger partial charge in [0, 0.05) is 18.3 Å². The Labute approximate surface area is 183 Å². The molecule has 11 heteroatoms. The van der Waals surface area contributed by atoms with E-state index in [0.717, 1.165) is 14.2 Å². The molecule has 1 unspecified atom stereocenters. The van der Waals surface area contributed by atoms with Crippen LogP contribution in [0.15, 0.2) is 11.3 Å². The molecule has 8 nitrogen and oxygen atoms in total. The Morgan fingerprint density at radius 3 is 2.38 bits per heavy atom. The highest BCUT2D eigenvalue weighted by Gasteiger charge is 2.70. The molecular weight excluding hydrogens is 437 g/mol. The molecule has 0 aromatic rings. The number of alkyl halides is 3. The van der Waals surface area contributed by atoms with Crippen molar-refractivity contribution >= 4 is 11.9 Å². The van der Waals surface area contributed by atoms with E-state index in [9.17, 15) is 22.8 Å². The minimum absolute atomic E-state index is 0.121. The first kappa shape index (κ1) is 23.3. The monoisotopic (exact) mass is 464 g/mol. The zero-order valence-corrected chi connectivity index (χ0v) is 18.3. The average molecular weight is 464 g/mol. The van der Waals surface area contributed by atoms with Gasteiger partial charge in [-0.1, -0.05) is 6.92 Å². The van der Waals surface area contributed by atoms with Gasteiger partial charge in [-0.2, -0.15) is 13.2 Å². The van der Waals surface area contributed by atoms with Crippen LogP contribution in [0.2, 0.25) is 0 Å². The van der Waals surface area contributed by atoms with Gasteiger partial charge in [-0.25, -0.2) is 9.78 Å². The van der Waals surface area contributed by atoms with Crippen molar-refractivity contribution in [3.05, 3.63) is 11.3 Å². The molecule has 0 aromatic carbocycles. The first-order valence-electron chi connectivity index (χ1n) is 10.6. The van der Waals surface area contributed by atoms with E-state index in [-0.39, 0.29) is 17.4 Å². The summed E-state index contributed by atoms with van der Waals surface area (Å²) in [6.45, 7) is 3.63. The third-order valence-corrected chi connectivity index (χ3v) is 7.31. The largest absolute Gasteiger partial charge is 0.468 e. The van der Waals surface area contributed by atoms with Gasteiger partial charge >= 0.3 is 18.1 Å². The second-order valence-electron chi connectivity index (χ2n) is 9.13. The molecule has 0 N–H and O–H groups in total. The maximum atomic E-state index is 14.2. The number of ether oxygens (including phenoxy) is 4. The fourth-order valence-electron chi connectivity index (χ4n) is 5.74. The summed E-state index contributed by atoms with van der Waals surface area (Å²) < 4.78 is 63.2. The number of esters is 2. The number of allylic oxidation sites excluding steroid dienone is 1. The molecule has 0 aromatic heterocycles. The van der Waals surface area contributed by atoms with E-state index < -0.39 is 59.8 Å². The van der Waals surface area contributed by atoms with E-state index in [1.165, 1.54) is 0 Å². The number of carbonyl (C=O) groups excluding carboxylic acids is 2. The number of carbonyl (C=O) groups is 2. The summed E-state index contributed by atoms with van der Waals surface area (Å²) in [6.07, 6.45) is -4.78. The average Bonchev–Trinajstić information content (AvgIpc) is 2.97. The van der Waals surface area contributed by atoms with Gasteiger partial charge in [-0.15, -0.1) is 0 Å². The molecular formula is C21H27F3O8. The molecule has 4 aliphatic heterocycles. The standard InChI is InChI=1S/C21H27F3O8/c1-10-5-6-14-11(9-12(16(25)27-3)17(26)28-4)15(21(22,23)24)29-18-20(14)13(10)7-8-19(2,30-18)31-32-20/h10,12-14,18H,5-9H2,1-4H3/t10-,13+,14+,18-,19+,20?/m1/s1. The fraction of sp³-hybridized carbons (Fsp3) is 0.810. The van der Waals surface area contributed by atoms with Crippen LogP contribution >= 0.6 is 0 Å². The molecule has 0 amide bonds. The predicted octanol–water partition coefficient (Wildman–Crippen LogP) is 3.40. The molecule has 1 spiro atoms. The molecule has 3 saturated heterocycles. The molecule has 32 heavy (non-hydrogen) atoms. The highest BCUT2D eigenvalue weighted by Crippen LogP contribution is 2.62. The van der Waals surface area contributed by atoms with Crippen molar-refractivity contribution in [2.45, 2.75) is 69.8 Å². The minimum atomic E-state index is -4.87. The lowest BCUT2D eigenvalue weighted by molar-refractivity contribution is -0.557. The Balaban J connectivity index is 1.85. The molecule has 6 atom stereocenters. The predicted molar refractivity (Wildman–Crippen MR) is 99.1 cm³/mol. The summed E-state index contributed by atoms with van der Waals surface area (Å²) >= 11 is 0. The van der Waals surface area contributed by atoms with Crippen LogP contribution < -0.4 is 0 Å². The smallest absolute Gasteiger partial charge is 0.448 e. The van der Waals surface area contributed by atoms with Crippen LogP contribution in [-0.2, 0) is 38.3 Å². The normalized spacial score (nSPS) is 38.6. The molecule has 1 aliphatic carbocycles. The lowest BCUT2D eigenvalue weighted by Gasteiger charge is -2.57. The summed E-state index contributed by atoms with van der Waals surface area (Å²) in [5.41, 5.74) is -1.56. The number of halogens is 3. The SMILES string of the molecule is COC(=O)C(CC1=C(C(F)(F)F)O[C@@H]2O[C@]3(C)CC[C@H]4[C@H](C)CC[C@@H]1C24OO3)C(=O)OC. The summed E-state index contributed by atoms with van der Waals surface area (Å²) in [5.74, 6) is -6.96. The van der Waals surface area contributed by atoms with Gasteiger partial charge in [-0.3, -0.25) is 9.59 Å². The van der Waals surface area contributed by atoms with E-state index in [2.05, 4.69) is 9.47 Å². The quantitative estimate of drug-likeness (QED) is 0.355. The topological polar surface area (TPSA) is 89.5 Å². The van der Waals surface area contributed by atoms with E-state index >= 15 is 0 Å². The number of rotatable bonds is 4. The Kier molecular flexibility index (Phi) is 5.74. The maximum Gasteiger partial charge on any atom is 0.448 e. The van der Waals surface area contributed by atoms with Crippen LogP contribution in [0.4, 0.5) is 13.2 Å². The van der Waals surface area contributed by atoms with E-state index in [0.29, 0.717) is 25.7 Å². The molecule has 0 radical (unpaired) electrons. The van der Waals surface area contributed by atoms with Crippen LogP contribution in [0, 0.1) is 23.7 Å². The van der Waals surface area contributed by atoms with Gasteiger partial charge in [-0.05, 0) is 44.1 Å². The van der Waals surface area contributed by atoms with Crippen LogP contribution in [-0.4, -0.2) is 50.0 Å². The van der Waals surface area contributed by atoms with Gasteiger partial charge in [0.1, 0.15) is 0 Å². The van der Waals surface area contributed by atoms with Crippen molar-refractivity contribution in [1.29, 1.82) is 0 Å². The number of hydrogen-bond donors (Lipinski definition) is 0. The highest BCUT2D eigenvalue weighted by molar-refractivity contribution is 5.95. The van der Waals surface area contributed by atoms with Crippen molar-refractivity contribution in [2.75, 3.05) is 14.2 Å². The second-order valence-corrected chi connectivity index (χ2v) is 9.13. The lowest BCUT2D eigenvalue weighted by atomic mass is 9.58. The van der Waals surface area contributed by atoms with Crippen LogP contribution in [0.25, 0.3) is 0 Å². The first-order chi connectivity index (χ1) is 15.0. The van der Waals surface area contributed by atoms with Crippen molar-refractivity contribution in [1.82, 2.24) is 0 Å². The highest BCUT2D eigenvalue weighted by atomic mass is 19.4. The zero-order chi connectivity index (χ0) is 23.5. The van der Waals surface area contributed by atoms with Crippen molar-refractivity contribution in [3.63, 3.8) is 0 Å². The molecule has 5 aliphatic rings. The van der Waals surface area contributed by atoms with Gasteiger partial charge in [0.25, 0.3) is 0 Å². The van der Waals surface area contributed by atoms with Crippen molar-refractivity contribution in [2.24, 2.45) is 23.7 Å². The van der Waals surface area contributed by atoms with E-state index in [1.54, 1.807) is 6.92 Å². The van der Waals surface area contributed by atoms with E-state index in [4.69, 9.17) is 19.2 Å². The van der Waals surface area contributed by atoms with Crippen LogP contribution in [0.1, 0.15) is 46.0 Å². The second kappa shape index (κ2) is 7.88. The molecule has 5 rings (SSSR count). The van der Waals surface area contributed by atoms with Gasteiger partial charge in [0.05, 0.1) is 14.2 Å². The van der Waals surface area contributed by atoms with Gasteiger partial charge in [0.2, 0.25) is 17.8 Å². The molecule has 4 heterocycles. The summed E-state index contributed by atoms with van der Waals surface area (Å²) in [5, 5.41) is 0. The number of fused-ring (bicyclic) bond motifs is 2.